The molecule has 0 radical (unpaired) electrons. The van der Waals surface area contributed by atoms with Crippen LogP contribution in [0, 0.1) is 19.8 Å². The van der Waals surface area contributed by atoms with Crippen molar-refractivity contribution >= 4 is 33.3 Å². The molecule has 2 N–H and O–H groups in total. The van der Waals surface area contributed by atoms with Crippen LogP contribution >= 0.6 is 11.3 Å². The number of rotatable bonds is 3. The molecule has 0 amide bonds. The molecule has 3 rings (SSSR count). The molecule has 2 atom stereocenters. The molecule has 0 bridgehead atoms. The van der Waals surface area contributed by atoms with Crippen LogP contribution in [0.3, 0.4) is 0 Å². The highest BCUT2D eigenvalue weighted by molar-refractivity contribution is 7.18. The molecule has 2 aromatic rings. The molecule has 0 aromatic carbocycles. The number of carboxylic acid groups (broad SMARTS) is 1. The number of aliphatic carboxylic acids is 1. The SMILES string of the molecule is Cc1sc2ncnc(NC3CCCC(C(=O)O)C3)c2c1C. The third kappa shape index (κ3) is 2.72. The fourth-order valence-corrected chi connectivity index (χ4v) is 4.03. The van der Waals surface area contributed by atoms with Crippen LogP contribution in [0.4, 0.5) is 5.82 Å². The molecular formula is C15H19N3O2S. The van der Waals surface area contributed by atoms with Gasteiger partial charge in [0.15, 0.2) is 0 Å². The second-order valence-electron chi connectivity index (χ2n) is 5.73. The monoisotopic (exact) mass is 305 g/mol. The number of thiophene rings is 1. The Labute approximate surface area is 127 Å². The molecule has 2 heterocycles. The molecule has 2 aromatic heterocycles. The molecule has 1 fully saturated rings. The van der Waals surface area contributed by atoms with Crippen molar-refractivity contribution in [3.8, 4) is 0 Å². The lowest BCUT2D eigenvalue weighted by atomic mass is 9.86. The first kappa shape index (κ1) is 14.3. The Hall–Kier alpha value is -1.69. The van der Waals surface area contributed by atoms with Gasteiger partial charge in [-0.2, -0.15) is 0 Å². The number of anilines is 1. The average molecular weight is 305 g/mol. The summed E-state index contributed by atoms with van der Waals surface area (Å²) in [5.74, 6) is -0.0753. The van der Waals surface area contributed by atoms with Crippen LogP contribution in [-0.2, 0) is 4.79 Å². The number of hydrogen-bond donors (Lipinski definition) is 2. The Morgan fingerprint density at radius 1 is 1.38 bits per heavy atom. The van der Waals surface area contributed by atoms with Crippen molar-refractivity contribution in [2.24, 2.45) is 5.92 Å². The Balaban J connectivity index is 1.86. The fraction of sp³-hybridized carbons (Fsp3) is 0.533. The normalized spacial score (nSPS) is 22.4. The number of nitrogens with one attached hydrogen (secondary N) is 1. The van der Waals surface area contributed by atoms with Crippen molar-refractivity contribution < 1.29 is 9.90 Å². The van der Waals surface area contributed by atoms with Crippen LogP contribution in [0.1, 0.15) is 36.1 Å². The minimum absolute atomic E-state index is 0.178. The lowest BCUT2D eigenvalue weighted by Gasteiger charge is -2.28. The summed E-state index contributed by atoms with van der Waals surface area (Å²) in [6, 6.07) is 0.178. The first-order valence-electron chi connectivity index (χ1n) is 7.26. The van der Waals surface area contributed by atoms with Crippen LogP contribution < -0.4 is 5.32 Å². The van der Waals surface area contributed by atoms with Gasteiger partial charge in [0.05, 0.1) is 11.3 Å². The summed E-state index contributed by atoms with van der Waals surface area (Å²) in [6.45, 7) is 4.18. The molecule has 1 aliphatic rings. The fourth-order valence-electron chi connectivity index (χ4n) is 3.03. The van der Waals surface area contributed by atoms with Gasteiger partial charge >= 0.3 is 5.97 Å². The van der Waals surface area contributed by atoms with E-state index < -0.39 is 5.97 Å². The zero-order chi connectivity index (χ0) is 15.0. The number of nitrogens with zero attached hydrogens (tertiary/aromatic N) is 2. The summed E-state index contributed by atoms with van der Waals surface area (Å²) in [7, 11) is 0. The third-order valence-corrected chi connectivity index (χ3v) is 5.44. The van der Waals surface area contributed by atoms with Gasteiger partial charge in [0.25, 0.3) is 0 Å². The van der Waals surface area contributed by atoms with E-state index in [1.54, 1.807) is 17.7 Å². The molecule has 0 aliphatic heterocycles. The van der Waals surface area contributed by atoms with E-state index in [9.17, 15) is 9.90 Å². The van der Waals surface area contributed by atoms with Gasteiger partial charge in [-0.3, -0.25) is 4.79 Å². The van der Waals surface area contributed by atoms with Crippen molar-refractivity contribution in [2.45, 2.75) is 45.6 Å². The maximum absolute atomic E-state index is 11.2. The van der Waals surface area contributed by atoms with E-state index >= 15 is 0 Å². The zero-order valence-corrected chi connectivity index (χ0v) is 13.0. The van der Waals surface area contributed by atoms with Crippen LogP contribution in [0.5, 0.6) is 0 Å². The van der Waals surface area contributed by atoms with Gasteiger partial charge in [-0.1, -0.05) is 6.42 Å². The zero-order valence-electron chi connectivity index (χ0n) is 12.2. The highest BCUT2D eigenvalue weighted by atomic mass is 32.1. The third-order valence-electron chi connectivity index (χ3n) is 4.33. The van der Waals surface area contributed by atoms with Crippen molar-refractivity contribution in [2.75, 3.05) is 5.32 Å². The molecular weight excluding hydrogens is 286 g/mol. The summed E-state index contributed by atoms with van der Waals surface area (Å²) in [5.41, 5.74) is 1.21. The minimum Gasteiger partial charge on any atom is -0.481 e. The number of aryl methyl sites for hydroxylation is 2. The summed E-state index contributed by atoms with van der Waals surface area (Å²) < 4.78 is 0. The highest BCUT2D eigenvalue weighted by Gasteiger charge is 2.27. The van der Waals surface area contributed by atoms with Gasteiger partial charge in [0, 0.05) is 10.9 Å². The highest BCUT2D eigenvalue weighted by Crippen LogP contribution is 2.34. The average Bonchev–Trinajstić information content (AvgIpc) is 2.75. The maximum atomic E-state index is 11.2. The molecule has 2 unspecified atom stereocenters. The Morgan fingerprint density at radius 2 is 2.19 bits per heavy atom. The molecule has 1 aliphatic carbocycles. The van der Waals surface area contributed by atoms with Gasteiger partial charge in [0.2, 0.25) is 0 Å². The van der Waals surface area contributed by atoms with Crippen molar-refractivity contribution in [1.82, 2.24) is 9.97 Å². The predicted octanol–water partition coefficient (Wildman–Crippen LogP) is 3.36. The largest absolute Gasteiger partial charge is 0.481 e. The second kappa shape index (κ2) is 5.60. The number of carboxylic acids is 1. The van der Waals surface area contributed by atoms with Gasteiger partial charge < -0.3 is 10.4 Å². The van der Waals surface area contributed by atoms with E-state index in [1.165, 1.54) is 10.4 Å². The first-order chi connectivity index (χ1) is 10.1. The summed E-state index contributed by atoms with van der Waals surface area (Å²) >= 11 is 1.68. The van der Waals surface area contributed by atoms with Gasteiger partial charge in [-0.15, -0.1) is 11.3 Å². The topological polar surface area (TPSA) is 75.1 Å². The lowest BCUT2D eigenvalue weighted by molar-refractivity contribution is -0.142. The maximum Gasteiger partial charge on any atom is 0.306 e. The van der Waals surface area contributed by atoms with E-state index in [1.807, 2.05) is 0 Å². The van der Waals surface area contributed by atoms with E-state index in [-0.39, 0.29) is 12.0 Å². The number of fused-ring (bicyclic) bond motifs is 1. The van der Waals surface area contributed by atoms with Crippen LogP contribution in [0.15, 0.2) is 6.33 Å². The van der Waals surface area contributed by atoms with E-state index in [2.05, 4.69) is 29.1 Å². The first-order valence-corrected chi connectivity index (χ1v) is 8.08. The van der Waals surface area contributed by atoms with Gasteiger partial charge in [-0.25, -0.2) is 9.97 Å². The van der Waals surface area contributed by atoms with Crippen molar-refractivity contribution in [1.29, 1.82) is 0 Å². The molecule has 112 valence electrons. The van der Waals surface area contributed by atoms with E-state index in [4.69, 9.17) is 0 Å². The lowest BCUT2D eigenvalue weighted by Crippen LogP contribution is -2.31. The van der Waals surface area contributed by atoms with Gasteiger partial charge in [-0.05, 0) is 38.7 Å². The van der Waals surface area contributed by atoms with Crippen LogP contribution in [0.25, 0.3) is 10.2 Å². The summed E-state index contributed by atoms with van der Waals surface area (Å²) in [6.07, 6.45) is 4.98. The van der Waals surface area contributed by atoms with E-state index in [0.717, 1.165) is 35.3 Å². The molecule has 0 spiro atoms. The Kier molecular flexibility index (Phi) is 3.80. The van der Waals surface area contributed by atoms with E-state index in [0.29, 0.717) is 6.42 Å². The number of aromatic nitrogens is 2. The quantitative estimate of drug-likeness (QED) is 0.909. The standard InChI is InChI=1S/C15H19N3O2S/c1-8-9(2)21-14-12(8)13(16-7-17-14)18-11-5-3-4-10(6-11)15(19)20/h7,10-11H,3-6H2,1-2H3,(H,19,20)(H,16,17,18). The summed E-state index contributed by atoms with van der Waals surface area (Å²) in [5, 5.41) is 13.7. The molecule has 1 saturated carbocycles. The van der Waals surface area contributed by atoms with Gasteiger partial charge in [0.1, 0.15) is 17.0 Å². The number of hydrogen-bond acceptors (Lipinski definition) is 5. The predicted molar refractivity (Wildman–Crippen MR) is 83.9 cm³/mol. The van der Waals surface area contributed by atoms with Crippen molar-refractivity contribution in [3.63, 3.8) is 0 Å². The number of carbonyl (C=O) groups is 1. The Morgan fingerprint density at radius 3 is 2.95 bits per heavy atom. The molecule has 21 heavy (non-hydrogen) atoms. The Bertz CT molecular complexity index is 683. The molecule has 0 saturated heterocycles. The molecule has 6 heteroatoms. The smallest absolute Gasteiger partial charge is 0.306 e. The minimum atomic E-state index is -0.683. The summed E-state index contributed by atoms with van der Waals surface area (Å²) in [4.78, 5) is 22.1. The van der Waals surface area contributed by atoms with Crippen LogP contribution in [0.2, 0.25) is 0 Å². The van der Waals surface area contributed by atoms with Crippen molar-refractivity contribution in [3.05, 3.63) is 16.8 Å². The van der Waals surface area contributed by atoms with Crippen LogP contribution in [-0.4, -0.2) is 27.1 Å². The second-order valence-corrected chi connectivity index (χ2v) is 6.93. The molecule has 5 nitrogen and oxygen atoms in total.